The summed E-state index contributed by atoms with van der Waals surface area (Å²) in [5.41, 5.74) is 1.36. The Bertz CT molecular complexity index is 1510. The van der Waals surface area contributed by atoms with Gasteiger partial charge in [0.2, 0.25) is 11.8 Å². The molecule has 0 unspecified atom stereocenters. The number of carboxylic acid groups (broad SMARTS) is 1. The first-order valence-electron chi connectivity index (χ1n) is 18.1. The van der Waals surface area contributed by atoms with Crippen LogP contribution < -0.4 is 20.1 Å². The summed E-state index contributed by atoms with van der Waals surface area (Å²) in [4.78, 5) is 67.7. The van der Waals surface area contributed by atoms with Crippen LogP contribution in [0.5, 0.6) is 11.5 Å². The summed E-state index contributed by atoms with van der Waals surface area (Å²) in [6.07, 6.45) is 4.24. The van der Waals surface area contributed by atoms with Crippen LogP contribution in [0.2, 0.25) is 0 Å². The Kier molecular flexibility index (Phi) is 13.9. The number of rotatable bonds is 13. The predicted octanol–water partition coefficient (Wildman–Crippen LogP) is 4.93. The second-order valence-electron chi connectivity index (χ2n) is 15.0. The number of nitrogens with zero attached hydrogens (tertiary/aromatic N) is 2. The van der Waals surface area contributed by atoms with Gasteiger partial charge >= 0.3 is 12.1 Å². The Hall–Kier alpha value is -4.61. The van der Waals surface area contributed by atoms with E-state index in [1.54, 1.807) is 35.2 Å². The number of carbonyl (C=O) groups excluding carboxylic acids is 4. The van der Waals surface area contributed by atoms with Crippen LogP contribution in [0.25, 0.3) is 0 Å². The Morgan fingerprint density at radius 1 is 0.843 bits per heavy atom. The molecule has 2 heterocycles. The molecular weight excluding hydrogens is 652 g/mol. The molecule has 2 aliphatic heterocycles. The maximum absolute atomic E-state index is 13.3. The standard InChI is InChI=1S/C39H54N4O8/c1-26(2)23-31(40-34(44)25-50-33-12-8-7-11-30(33)39(3,4)5)35(45)41-32(37(47)48)24-27-13-15-29(16-14-27)51-38(49)43-21-17-28(18-22-43)36(46)42-19-9-6-10-20-42/h7-8,11-16,26,28,31-32H,6,9-10,17-25H2,1-5H3,(H,40,44)(H,41,45)(H,47,48)/t31-,32-/m0/s1. The molecule has 2 aromatic carbocycles. The number of carboxylic acids is 1. The molecule has 0 saturated carbocycles. The molecule has 278 valence electrons. The molecule has 12 heteroatoms. The van der Waals surface area contributed by atoms with Crippen molar-refractivity contribution in [2.24, 2.45) is 11.8 Å². The lowest BCUT2D eigenvalue weighted by Crippen LogP contribution is -2.53. The lowest BCUT2D eigenvalue weighted by atomic mass is 9.86. The van der Waals surface area contributed by atoms with Crippen LogP contribution in [-0.2, 0) is 31.0 Å². The highest BCUT2D eigenvalue weighted by molar-refractivity contribution is 5.91. The number of nitrogens with one attached hydrogen (secondary N) is 2. The maximum Gasteiger partial charge on any atom is 0.415 e. The quantitative estimate of drug-likeness (QED) is 0.265. The van der Waals surface area contributed by atoms with Crippen LogP contribution in [0.15, 0.2) is 48.5 Å². The highest BCUT2D eigenvalue weighted by Crippen LogP contribution is 2.31. The number of carbonyl (C=O) groups is 5. The molecular formula is C39H54N4O8. The Morgan fingerprint density at radius 2 is 1.49 bits per heavy atom. The van der Waals surface area contributed by atoms with Crippen molar-refractivity contribution in [3.8, 4) is 11.5 Å². The minimum atomic E-state index is -1.26. The Labute approximate surface area is 301 Å². The third kappa shape index (κ3) is 11.7. The van der Waals surface area contributed by atoms with Crippen molar-refractivity contribution in [3.63, 3.8) is 0 Å². The number of likely N-dealkylation sites (tertiary alicyclic amines) is 2. The average molecular weight is 707 g/mol. The molecule has 0 aromatic heterocycles. The van der Waals surface area contributed by atoms with Crippen molar-refractivity contribution in [3.05, 3.63) is 59.7 Å². The summed E-state index contributed by atoms with van der Waals surface area (Å²) in [6, 6.07) is 11.7. The second kappa shape index (κ2) is 18.1. The SMILES string of the molecule is CC(C)C[C@H](NC(=O)COc1ccccc1C(C)(C)C)C(=O)N[C@@H](Cc1ccc(OC(=O)N2CCC(C(=O)N3CCCCC3)CC2)cc1)C(=O)O. The maximum atomic E-state index is 13.3. The van der Waals surface area contributed by atoms with Crippen molar-refractivity contribution in [1.29, 1.82) is 0 Å². The van der Waals surface area contributed by atoms with E-state index in [1.807, 2.05) is 57.7 Å². The number of hydrogen-bond donors (Lipinski definition) is 3. The van der Waals surface area contributed by atoms with Gasteiger partial charge in [0.1, 0.15) is 23.6 Å². The molecule has 12 nitrogen and oxygen atoms in total. The van der Waals surface area contributed by atoms with Crippen LogP contribution in [0.1, 0.15) is 84.3 Å². The number of benzene rings is 2. The molecule has 4 rings (SSSR count). The van der Waals surface area contributed by atoms with Gasteiger partial charge in [-0.2, -0.15) is 0 Å². The Balaban J connectivity index is 1.28. The van der Waals surface area contributed by atoms with E-state index in [0.717, 1.165) is 37.9 Å². The molecule has 2 aliphatic rings. The summed E-state index contributed by atoms with van der Waals surface area (Å²) in [5, 5.41) is 15.3. The normalized spacial score (nSPS) is 16.6. The zero-order valence-electron chi connectivity index (χ0n) is 30.6. The van der Waals surface area contributed by atoms with E-state index < -0.39 is 36.0 Å². The summed E-state index contributed by atoms with van der Waals surface area (Å²) < 4.78 is 11.4. The minimum Gasteiger partial charge on any atom is -0.483 e. The highest BCUT2D eigenvalue weighted by atomic mass is 16.6. The molecule has 2 atom stereocenters. The number of ether oxygens (including phenoxy) is 2. The van der Waals surface area contributed by atoms with E-state index in [1.165, 1.54) is 0 Å². The van der Waals surface area contributed by atoms with Crippen LogP contribution in [0, 0.1) is 11.8 Å². The summed E-state index contributed by atoms with van der Waals surface area (Å²) in [7, 11) is 0. The molecule has 0 spiro atoms. The van der Waals surface area contributed by atoms with Gasteiger partial charge in [-0.1, -0.05) is 65.0 Å². The number of hydrogen-bond acceptors (Lipinski definition) is 7. The number of para-hydroxylation sites is 1. The van der Waals surface area contributed by atoms with E-state index in [9.17, 15) is 29.1 Å². The van der Waals surface area contributed by atoms with Gasteiger partial charge in [0, 0.05) is 38.5 Å². The zero-order valence-corrected chi connectivity index (χ0v) is 30.6. The molecule has 51 heavy (non-hydrogen) atoms. The molecule has 2 aromatic rings. The largest absolute Gasteiger partial charge is 0.483 e. The summed E-state index contributed by atoms with van der Waals surface area (Å²) in [5.74, 6) is -1.28. The van der Waals surface area contributed by atoms with E-state index in [4.69, 9.17) is 9.47 Å². The first-order valence-corrected chi connectivity index (χ1v) is 18.1. The molecule has 0 radical (unpaired) electrons. The van der Waals surface area contributed by atoms with Gasteiger partial charge in [0.15, 0.2) is 6.61 Å². The molecule has 2 saturated heterocycles. The van der Waals surface area contributed by atoms with Gasteiger partial charge in [-0.3, -0.25) is 14.4 Å². The molecule has 4 amide bonds. The smallest absolute Gasteiger partial charge is 0.415 e. The van der Waals surface area contributed by atoms with Gasteiger partial charge < -0.3 is 35.0 Å². The average Bonchev–Trinajstić information content (AvgIpc) is 3.10. The molecule has 0 bridgehead atoms. The molecule has 3 N–H and O–H groups in total. The van der Waals surface area contributed by atoms with Crippen molar-refractivity contribution in [2.75, 3.05) is 32.8 Å². The third-order valence-corrected chi connectivity index (χ3v) is 9.37. The van der Waals surface area contributed by atoms with E-state index in [-0.39, 0.29) is 36.2 Å². The van der Waals surface area contributed by atoms with E-state index in [2.05, 4.69) is 10.6 Å². The topological polar surface area (TPSA) is 155 Å². The van der Waals surface area contributed by atoms with Crippen molar-refractivity contribution >= 4 is 29.8 Å². The third-order valence-electron chi connectivity index (χ3n) is 9.37. The minimum absolute atomic E-state index is 0.0249. The fraction of sp³-hybridized carbons (Fsp3) is 0.564. The lowest BCUT2D eigenvalue weighted by Gasteiger charge is -2.35. The summed E-state index contributed by atoms with van der Waals surface area (Å²) >= 11 is 0. The first-order chi connectivity index (χ1) is 24.2. The fourth-order valence-corrected chi connectivity index (χ4v) is 6.54. The summed E-state index contributed by atoms with van der Waals surface area (Å²) in [6.45, 7) is 12.2. The number of aliphatic carboxylic acids is 1. The highest BCUT2D eigenvalue weighted by Gasteiger charge is 2.32. The van der Waals surface area contributed by atoms with Crippen molar-refractivity contribution < 1.29 is 38.6 Å². The van der Waals surface area contributed by atoms with Crippen molar-refractivity contribution in [1.82, 2.24) is 20.4 Å². The van der Waals surface area contributed by atoms with Gasteiger partial charge in [-0.05, 0) is 79.2 Å². The molecule has 2 fully saturated rings. The van der Waals surface area contributed by atoms with Crippen molar-refractivity contribution in [2.45, 2.75) is 97.1 Å². The van der Waals surface area contributed by atoms with Gasteiger partial charge in [-0.25, -0.2) is 9.59 Å². The van der Waals surface area contributed by atoms with Crippen LogP contribution >= 0.6 is 0 Å². The van der Waals surface area contributed by atoms with Gasteiger partial charge in [-0.15, -0.1) is 0 Å². The van der Waals surface area contributed by atoms with E-state index >= 15 is 0 Å². The first kappa shape index (κ1) is 39.2. The second-order valence-corrected chi connectivity index (χ2v) is 15.0. The van der Waals surface area contributed by atoms with Gasteiger partial charge in [0.25, 0.3) is 5.91 Å². The van der Waals surface area contributed by atoms with Crippen LogP contribution in [0.4, 0.5) is 4.79 Å². The predicted molar refractivity (Wildman–Crippen MR) is 192 cm³/mol. The molecule has 0 aliphatic carbocycles. The fourth-order valence-electron chi connectivity index (χ4n) is 6.54. The van der Waals surface area contributed by atoms with E-state index in [0.29, 0.717) is 49.4 Å². The zero-order chi connectivity index (χ0) is 37.1. The number of piperidine rings is 2. The monoisotopic (exact) mass is 706 g/mol. The van der Waals surface area contributed by atoms with Crippen LogP contribution in [-0.4, -0.2) is 89.6 Å². The lowest BCUT2D eigenvalue weighted by molar-refractivity contribution is -0.142. The van der Waals surface area contributed by atoms with Gasteiger partial charge in [0.05, 0.1) is 0 Å². The number of amides is 4. The Morgan fingerprint density at radius 3 is 2.10 bits per heavy atom. The van der Waals surface area contributed by atoms with Crippen LogP contribution in [0.3, 0.4) is 0 Å².